The van der Waals surface area contributed by atoms with Gasteiger partial charge in [0.25, 0.3) is 0 Å². The van der Waals surface area contributed by atoms with Crippen LogP contribution in [0.15, 0.2) is 0 Å². The number of halogens is 4. The molecule has 0 spiro atoms. The molecule has 6 heteroatoms. The van der Waals surface area contributed by atoms with Gasteiger partial charge < -0.3 is 0 Å². The van der Waals surface area contributed by atoms with E-state index in [4.69, 9.17) is 38.1 Å². The van der Waals surface area contributed by atoms with E-state index in [9.17, 15) is 0 Å². The van der Waals surface area contributed by atoms with Crippen molar-refractivity contribution in [2.75, 3.05) is 0 Å². The average Bonchev–Trinajstić information content (AvgIpc) is 2.87. The van der Waals surface area contributed by atoms with Crippen LogP contribution in [-0.4, -0.2) is 0 Å². The van der Waals surface area contributed by atoms with Crippen molar-refractivity contribution in [3.8, 4) is 0 Å². The monoisotopic (exact) mass is 784 g/mol. The summed E-state index contributed by atoms with van der Waals surface area (Å²) in [7, 11) is 19.7. The molecule has 10 radical (unpaired) electrons. The van der Waals surface area contributed by atoms with Gasteiger partial charge in [-0.1, -0.05) is 69.2 Å². The third-order valence-electron chi connectivity index (χ3n) is 5.62. The summed E-state index contributed by atoms with van der Waals surface area (Å²) >= 11 is -1.44. The SMILES string of the molecule is C[C]1[C](C)[C](C)[C](C)[C]1C.C[C]1[C](C)[C](C)[C](C)[C]1C.[Cl][Re][Cl].[Cl][Re][Cl]. The van der Waals surface area contributed by atoms with Crippen LogP contribution in [0, 0.1) is 59.2 Å². The first-order valence-corrected chi connectivity index (χ1v) is 21.5. The number of hydrogen-bond donors (Lipinski definition) is 0. The molecule has 2 rings (SSSR count). The quantitative estimate of drug-likeness (QED) is 0.231. The van der Waals surface area contributed by atoms with Crippen LogP contribution in [0.2, 0.25) is 0 Å². The van der Waals surface area contributed by atoms with Crippen molar-refractivity contribution in [2.24, 2.45) is 0 Å². The molecule has 2 aliphatic rings. The van der Waals surface area contributed by atoms with Gasteiger partial charge in [0.2, 0.25) is 0 Å². The Morgan fingerprint density at radius 2 is 0.346 bits per heavy atom. The fourth-order valence-electron chi connectivity index (χ4n) is 2.81. The molecule has 2 fully saturated rings. The maximum absolute atomic E-state index is 4.92. The van der Waals surface area contributed by atoms with E-state index in [0.717, 1.165) is 0 Å². The van der Waals surface area contributed by atoms with Crippen LogP contribution in [0.3, 0.4) is 0 Å². The van der Waals surface area contributed by atoms with Gasteiger partial charge >= 0.3 is 70.0 Å². The molecule has 0 unspecified atom stereocenters. The fourth-order valence-corrected chi connectivity index (χ4v) is 2.81. The van der Waals surface area contributed by atoms with Gasteiger partial charge in [-0.3, -0.25) is 0 Å². The third kappa shape index (κ3) is 9.53. The molecule has 0 saturated heterocycles. The van der Waals surface area contributed by atoms with E-state index < -0.39 is 31.9 Å². The Hall–Kier alpha value is 2.48. The van der Waals surface area contributed by atoms with Crippen LogP contribution in [0.25, 0.3) is 0 Å². The summed E-state index contributed by atoms with van der Waals surface area (Å²) < 4.78 is 0. The minimum atomic E-state index is -0.722. The molecule has 0 bridgehead atoms. The Morgan fingerprint density at radius 3 is 0.385 bits per heavy atom. The molecule has 0 atom stereocenters. The van der Waals surface area contributed by atoms with Crippen LogP contribution in [0.1, 0.15) is 69.2 Å². The molecule has 26 heavy (non-hydrogen) atoms. The summed E-state index contributed by atoms with van der Waals surface area (Å²) in [4.78, 5) is 0. The molecule has 0 aromatic heterocycles. The molecule has 0 nitrogen and oxygen atoms in total. The first kappa shape index (κ1) is 30.7. The predicted molar refractivity (Wildman–Crippen MR) is 113 cm³/mol. The summed E-state index contributed by atoms with van der Waals surface area (Å²) in [5, 5.41) is 0. The zero-order chi connectivity index (χ0) is 21.2. The first-order valence-electron chi connectivity index (χ1n) is 8.07. The third-order valence-corrected chi connectivity index (χ3v) is 5.62. The van der Waals surface area contributed by atoms with Gasteiger partial charge in [-0.05, 0) is 59.2 Å². The predicted octanol–water partition coefficient (Wildman–Crippen LogP) is 8.70. The summed E-state index contributed by atoms with van der Waals surface area (Å²) in [6.45, 7) is 22.0. The Kier molecular flexibility index (Phi) is 19.1. The minimum absolute atomic E-state index is 0.722. The van der Waals surface area contributed by atoms with Crippen LogP contribution >= 0.6 is 38.1 Å². The molecule has 0 aromatic carbocycles. The standard InChI is InChI=1S/2C10H15.4ClH.2Re/c2*1-6-7(2)9(4)10(5)8(6)3;;;;;;/h2*1-5H3;4*1H;;/q;;;;;;2*+2/p-4. The van der Waals surface area contributed by atoms with Gasteiger partial charge in [0.1, 0.15) is 0 Å². The van der Waals surface area contributed by atoms with Gasteiger partial charge in [0.05, 0.1) is 0 Å². The van der Waals surface area contributed by atoms with Gasteiger partial charge in [0.15, 0.2) is 0 Å². The van der Waals surface area contributed by atoms with Crippen molar-refractivity contribution < 1.29 is 31.9 Å². The van der Waals surface area contributed by atoms with Crippen molar-refractivity contribution in [1.82, 2.24) is 0 Å². The fraction of sp³-hybridized carbons (Fsp3) is 0.500. The van der Waals surface area contributed by atoms with Crippen LogP contribution < -0.4 is 0 Å². The topological polar surface area (TPSA) is 0 Å². The van der Waals surface area contributed by atoms with E-state index in [-0.39, 0.29) is 0 Å². The summed E-state index contributed by atoms with van der Waals surface area (Å²) in [5.74, 6) is 14.7. The second kappa shape index (κ2) is 16.2. The van der Waals surface area contributed by atoms with Crippen LogP contribution in [0.4, 0.5) is 0 Å². The van der Waals surface area contributed by atoms with Crippen molar-refractivity contribution in [3.63, 3.8) is 0 Å². The molecule has 2 aliphatic carbocycles. The molecular weight excluding hydrogens is 754 g/mol. The maximum atomic E-state index is 4.92. The van der Waals surface area contributed by atoms with E-state index in [0.29, 0.717) is 0 Å². The normalized spacial score (nSPS) is 23.3. The van der Waals surface area contributed by atoms with Gasteiger partial charge in [-0.25, -0.2) is 0 Å². The Morgan fingerprint density at radius 1 is 0.308 bits per heavy atom. The average molecular weight is 785 g/mol. The van der Waals surface area contributed by atoms with Gasteiger partial charge in [-0.2, -0.15) is 0 Å². The van der Waals surface area contributed by atoms with Crippen molar-refractivity contribution in [1.29, 1.82) is 0 Å². The van der Waals surface area contributed by atoms with E-state index in [1.54, 1.807) is 0 Å². The van der Waals surface area contributed by atoms with Gasteiger partial charge in [-0.15, -0.1) is 0 Å². The first-order chi connectivity index (χ1) is 11.9. The van der Waals surface area contributed by atoms with Gasteiger partial charge in [0, 0.05) is 0 Å². The molecule has 0 aliphatic heterocycles. The van der Waals surface area contributed by atoms with E-state index >= 15 is 0 Å². The number of hydrogen-bond acceptors (Lipinski definition) is 0. The second-order valence-corrected chi connectivity index (χ2v) is 14.2. The van der Waals surface area contributed by atoms with Crippen molar-refractivity contribution in [2.45, 2.75) is 69.2 Å². The zero-order valence-electron chi connectivity index (χ0n) is 17.3. The molecule has 0 amide bonds. The Bertz CT molecular complexity index is 224. The van der Waals surface area contributed by atoms with Crippen molar-refractivity contribution >= 4 is 38.1 Å². The van der Waals surface area contributed by atoms with Crippen LogP contribution in [0.5, 0.6) is 0 Å². The van der Waals surface area contributed by atoms with E-state index in [1.165, 1.54) is 59.2 Å². The Labute approximate surface area is 196 Å². The molecule has 152 valence electrons. The second-order valence-electron chi connectivity index (χ2n) is 6.36. The summed E-state index contributed by atoms with van der Waals surface area (Å²) in [5.41, 5.74) is 0. The molecule has 0 aromatic rings. The molecule has 0 heterocycles. The molecule has 0 N–H and O–H groups in total. The van der Waals surface area contributed by atoms with Crippen molar-refractivity contribution in [3.05, 3.63) is 59.2 Å². The molecular formula is C20H30Cl4Re2. The Balaban J connectivity index is 0. The summed E-state index contributed by atoms with van der Waals surface area (Å²) in [6, 6.07) is 0. The molecule has 2 saturated carbocycles. The number of rotatable bonds is 0. The van der Waals surface area contributed by atoms with Crippen LogP contribution in [-0.2, 0) is 31.9 Å². The van der Waals surface area contributed by atoms with E-state index in [1.807, 2.05) is 0 Å². The summed E-state index contributed by atoms with van der Waals surface area (Å²) in [6.07, 6.45) is 0. The zero-order valence-corrected chi connectivity index (χ0v) is 25.7. The van der Waals surface area contributed by atoms with E-state index in [2.05, 4.69) is 69.2 Å².